The second-order valence-corrected chi connectivity index (χ2v) is 7.11. The summed E-state index contributed by atoms with van der Waals surface area (Å²) in [6, 6.07) is 10.7. The normalized spacial score (nSPS) is 13.2. The Morgan fingerprint density at radius 3 is 2.83 bits per heavy atom. The first-order chi connectivity index (χ1) is 11.5. The van der Waals surface area contributed by atoms with E-state index in [0.717, 1.165) is 17.5 Å². The Labute approximate surface area is 140 Å². The molecule has 3 rings (SSSR count). The lowest BCUT2D eigenvalue weighted by atomic mass is 9.99. The Bertz CT molecular complexity index is 952. The number of nitrogens with one attached hydrogen (secondary N) is 1. The fourth-order valence-corrected chi connectivity index (χ4v) is 3.70. The lowest BCUT2D eigenvalue weighted by Crippen LogP contribution is -2.33. The topological polar surface area (TPSA) is 102 Å². The molecular formula is C16H19N5O2S. The summed E-state index contributed by atoms with van der Waals surface area (Å²) in [6.45, 7) is 2.14. The second kappa shape index (κ2) is 6.68. The summed E-state index contributed by atoms with van der Waals surface area (Å²) in [5.74, 6) is 0. The zero-order chi connectivity index (χ0) is 17.2. The van der Waals surface area contributed by atoms with Crippen LogP contribution in [0.15, 0.2) is 53.8 Å². The predicted molar refractivity (Wildman–Crippen MR) is 90.9 cm³/mol. The molecule has 3 aromatic rings. The standard InChI is InChI=1S/C16H19N5O2S/c1-2-12-6-3-4-7-13(12)14(17)10-20-24(22,23)16-11-18-15-8-5-9-19-21(15)16/h3-9,11,14,20H,2,10,17H2,1H3. The van der Waals surface area contributed by atoms with Gasteiger partial charge in [-0.15, -0.1) is 0 Å². The molecule has 8 heteroatoms. The number of sulfonamides is 1. The van der Waals surface area contributed by atoms with Gasteiger partial charge >= 0.3 is 0 Å². The van der Waals surface area contributed by atoms with Crippen molar-refractivity contribution in [3.05, 3.63) is 59.9 Å². The van der Waals surface area contributed by atoms with Gasteiger partial charge in [-0.05, 0) is 29.7 Å². The van der Waals surface area contributed by atoms with Crippen LogP contribution in [0.3, 0.4) is 0 Å². The van der Waals surface area contributed by atoms with Crippen molar-refractivity contribution in [1.29, 1.82) is 0 Å². The first-order valence-corrected chi connectivity index (χ1v) is 9.13. The summed E-state index contributed by atoms with van der Waals surface area (Å²) in [4.78, 5) is 4.05. The molecule has 0 saturated carbocycles. The zero-order valence-corrected chi connectivity index (χ0v) is 14.1. The molecule has 7 nitrogen and oxygen atoms in total. The van der Waals surface area contributed by atoms with E-state index in [1.807, 2.05) is 31.2 Å². The van der Waals surface area contributed by atoms with Crippen molar-refractivity contribution in [3.63, 3.8) is 0 Å². The summed E-state index contributed by atoms with van der Waals surface area (Å²) in [6.07, 6.45) is 3.64. The van der Waals surface area contributed by atoms with E-state index in [0.29, 0.717) is 5.65 Å². The third-order valence-corrected chi connectivity index (χ3v) is 5.23. The highest BCUT2D eigenvalue weighted by molar-refractivity contribution is 7.89. The van der Waals surface area contributed by atoms with Crippen LogP contribution in [-0.2, 0) is 16.4 Å². The fourth-order valence-electron chi connectivity index (χ4n) is 2.59. The van der Waals surface area contributed by atoms with E-state index < -0.39 is 16.1 Å². The Morgan fingerprint density at radius 1 is 1.25 bits per heavy atom. The van der Waals surface area contributed by atoms with E-state index in [1.54, 1.807) is 12.1 Å². The van der Waals surface area contributed by atoms with Crippen LogP contribution in [0.2, 0.25) is 0 Å². The van der Waals surface area contributed by atoms with Crippen LogP contribution in [0.5, 0.6) is 0 Å². The average Bonchev–Trinajstić information content (AvgIpc) is 3.04. The Hall–Kier alpha value is -2.29. The summed E-state index contributed by atoms with van der Waals surface area (Å²) < 4.78 is 28.9. The van der Waals surface area contributed by atoms with Crippen LogP contribution < -0.4 is 10.5 Å². The lowest BCUT2D eigenvalue weighted by Gasteiger charge is -2.16. The van der Waals surface area contributed by atoms with Gasteiger partial charge < -0.3 is 5.73 Å². The van der Waals surface area contributed by atoms with Gasteiger partial charge in [0.15, 0.2) is 10.7 Å². The van der Waals surface area contributed by atoms with Crippen molar-refractivity contribution in [2.24, 2.45) is 5.73 Å². The van der Waals surface area contributed by atoms with E-state index in [2.05, 4.69) is 14.8 Å². The molecule has 1 unspecified atom stereocenters. The van der Waals surface area contributed by atoms with E-state index >= 15 is 0 Å². The van der Waals surface area contributed by atoms with Crippen molar-refractivity contribution in [2.45, 2.75) is 24.4 Å². The Kier molecular flexibility index (Phi) is 4.61. The Balaban J connectivity index is 1.80. The van der Waals surface area contributed by atoms with Gasteiger partial charge in [-0.25, -0.2) is 22.6 Å². The first kappa shape index (κ1) is 16.6. The van der Waals surface area contributed by atoms with Crippen LogP contribution in [0.4, 0.5) is 0 Å². The number of hydrogen-bond donors (Lipinski definition) is 2. The number of aryl methyl sites for hydroxylation is 1. The maximum atomic E-state index is 12.5. The number of benzene rings is 1. The molecule has 0 amide bonds. The zero-order valence-electron chi connectivity index (χ0n) is 13.3. The minimum absolute atomic E-state index is 0.00548. The van der Waals surface area contributed by atoms with Gasteiger partial charge in [0.1, 0.15) is 0 Å². The predicted octanol–water partition coefficient (Wildman–Crippen LogP) is 1.27. The molecule has 24 heavy (non-hydrogen) atoms. The van der Waals surface area contributed by atoms with Crippen LogP contribution in [0, 0.1) is 0 Å². The number of imidazole rings is 1. The highest BCUT2D eigenvalue weighted by Crippen LogP contribution is 2.17. The minimum atomic E-state index is -3.76. The van der Waals surface area contributed by atoms with Crippen molar-refractivity contribution >= 4 is 15.7 Å². The molecule has 1 atom stereocenters. The number of nitrogens with two attached hydrogens (primary N) is 1. The number of nitrogens with zero attached hydrogens (tertiary/aromatic N) is 3. The lowest BCUT2D eigenvalue weighted by molar-refractivity contribution is 0.564. The molecule has 0 aliphatic carbocycles. The smallest absolute Gasteiger partial charge is 0.259 e. The number of fused-ring (bicyclic) bond motifs is 1. The number of aromatic nitrogens is 3. The van der Waals surface area contributed by atoms with Crippen molar-refractivity contribution in [1.82, 2.24) is 19.3 Å². The van der Waals surface area contributed by atoms with E-state index in [4.69, 9.17) is 5.73 Å². The molecule has 1 aromatic carbocycles. The largest absolute Gasteiger partial charge is 0.323 e. The molecule has 0 aliphatic heterocycles. The van der Waals surface area contributed by atoms with Crippen LogP contribution >= 0.6 is 0 Å². The number of rotatable bonds is 6. The van der Waals surface area contributed by atoms with Gasteiger partial charge in [0.25, 0.3) is 10.0 Å². The van der Waals surface area contributed by atoms with E-state index in [-0.39, 0.29) is 11.6 Å². The molecule has 0 spiro atoms. The van der Waals surface area contributed by atoms with Gasteiger partial charge in [0, 0.05) is 18.8 Å². The van der Waals surface area contributed by atoms with Crippen LogP contribution in [-0.4, -0.2) is 29.6 Å². The second-order valence-electron chi connectivity index (χ2n) is 5.40. The molecule has 0 radical (unpaired) electrons. The van der Waals surface area contributed by atoms with Gasteiger partial charge in [0.05, 0.1) is 6.20 Å². The van der Waals surface area contributed by atoms with Crippen molar-refractivity contribution < 1.29 is 8.42 Å². The fraction of sp³-hybridized carbons (Fsp3) is 0.250. The summed E-state index contributed by atoms with van der Waals surface area (Å²) >= 11 is 0. The van der Waals surface area contributed by atoms with Crippen LogP contribution in [0.1, 0.15) is 24.1 Å². The SMILES string of the molecule is CCc1ccccc1C(N)CNS(=O)(=O)c1cnc2cccnn12. The molecular weight excluding hydrogens is 326 g/mol. The first-order valence-electron chi connectivity index (χ1n) is 7.64. The molecule has 126 valence electrons. The van der Waals surface area contributed by atoms with Gasteiger partial charge in [-0.1, -0.05) is 31.2 Å². The molecule has 3 N–H and O–H groups in total. The quantitative estimate of drug-likeness (QED) is 0.700. The van der Waals surface area contributed by atoms with Crippen molar-refractivity contribution in [3.8, 4) is 0 Å². The number of hydrogen-bond acceptors (Lipinski definition) is 5. The van der Waals surface area contributed by atoms with Crippen molar-refractivity contribution in [2.75, 3.05) is 6.54 Å². The summed E-state index contributed by atoms with van der Waals surface area (Å²) in [7, 11) is -3.76. The third-order valence-electron chi connectivity index (χ3n) is 3.85. The molecule has 0 aliphatic rings. The van der Waals surface area contributed by atoms with Gasteiger partial charge in [-0.2, -0.15) is 5.10 Å². The molecule has 2 aromatic heterocycles. The molecule has 0 bridgehead atoms. The maximum absolute atomic E-state index is 12.5. The average molecular weight is 345 g/mol. The highest BCUT2D eigenvalue weighted by Gasteiger charge is 2.21. The summed E-state index contributed by atoms with van der Waals surface area (Å²) in [5, 5.41) is 4.02. The molecule has 0 saturated heterocycles. The third kappa shape index (κ3) is 3.16. The maximum Gasteiger partial charge on any atom is 0.259 e. The van der Waals surface area contributed by atoms with Gasteiger partial charge in [0.2, 0.25) is 0 Å². The minimum Gasteiger partial charge on any atom is -0.323 e. The molecule has 2 heterocycles. The Morgan fingerprint density at radius 2 is 2.04 bits per heavy atom. The molecule has 0 fully saturated rings. The van der Waals surface area contributed by atoms with Gasteiger partial charge in [-0.3, -0.25) is 0 Å². The van der Waals surface area contributed by atoms with Crippen LogP contribution in [0.25, 0.3) is 5.65 Å². The van der Waals surface area contributed by atoms with E-state index in [1.165, 1.54) is 16.9 Å². The summed E-state index contributed by atoms with van der Waals surface area (Å²) in [5.41, 5.74) is 8.71. The van der Waals surface area contributed by atoms with E-state index in [9.17, 15) is 8.42 Å². The monoisotopic (exact) mass is 345 g/mol. The highest BCUT2D eigenvalue weighted by atomic mass is 32.2.